The highest BCUT2D eigenvalue weighted by Gasteiger charge is 2.14. The lowest BCUT2D eigenvalue weighted by Crippen LogP contribution is -2.46. The van der Waals surface area contributed by atoms with E-state index in [0.29, 0.717) is 0 Å². The molecule has 0 aromatic carbocycles. The van der Waals surface area contributed by atoms with E-state index in [1.165, 1.54) is 5.01 Å². The summed E-state index contributed by atoms with van der Waals surface area (Å²) >= 11 is 0. The van der Waals surface area contributed by atoms with Gasteiger partial charge in [-0.2, -0.15) is 0 Å². The molecule has 0 aromatic heterocycles. The number of rotatable bonds is 0. The van der Waals surface area contributed by atoms with Gasteiger partial charge in [-0.1, -0.05) is 0 Å². The van der Waals surface area contributed by atoms with Crippen LogP contribution in [-0.2, 0) is 0 Å². The quantitative estimate of drug-likeness (QED) is 0.506. The Hall–Kier alpha value is -0.770. The van der Waals surface area contributed by atoms with Crippen LogP contribution < -0.4 is 10.7 Å². The molecule has 4 heteroatoms. The first-order chi connectivity index (χ1) is 4.84. The summed E-state index contributed by atoms with van der Waals surface area (Å²) in [7, 11) is 1.62. The van der Waals surface area contributed by atoms with Crippen LogP contribution in [0.25, 0.3) is 0 Å². The standard InChI is InChI=1S/C6H12N3O/c1-7-6(10)9-5-3-2-4-8-9/h2-5H2,1H3,(H,7,10). The summed E-state index contributed by atoms with van der Waals surface area (Å²) in [5.41, 5.74) is 4.02. The Morgan fingerprint density at radius 3 is 2.90 bits per heavy atom. The average Bonchev–Trinajstić information content (AvgIpc) is 2.05. The first kappa shape index (κ1) is 7.34. The minimum absolute atomic E-state index is 0.0975. The summed E-state index contributed by atoms with van der Waals surface area (Å²) in [6, 6.07) is -0.0975. The predicted octanol–water partition coefficient (Wildman–Crippen LogP) is -0.0590. The average molecular weight is 142 g/mol. The van der Waals surface area contributed by atoms with Crippen molar-refractivity contribution in [2.75, 3.05) is 20.1 Å². The zero-order valence-electron chi connectivity index (χ0n) is 6.13. The van der Waals surface area contributed by atoms with Crippen LogP contribution in [0.5, 0.6) is 0 Å². The molecule has 0 bridgehead atoms. The number of carbonyl (C=O) groups is 1. The van der Waals surface area contributed by atoms with Crippen molar-refractivity contribution in [3.05, 3.63) is 0 Å². The Kier molecular flexibility index (Phi) is 2.50. The number of carbonyl (C=O) groups excluding carboxylic acids is 1. The van der Waals surface area contributed by atoms with Crippen molar-refractivity contribution >= 4 is 6.03 Å². The van der Waals surface area contributed by atoms with Crippen LogP contribution in [0.2, 0.25) is 0 Å². The molecule has 4 nitrogen and oxygen atoms in total. The molecule has 0 aliphatic carbocycles. The molecule has 1 aliphatic rings. The predicted molar refractivity (Wildman–Crippen MR) is 37.4 cm³/mol. The fourth-order valence-corrected chi connectivity index (χ4v) is 0.930. The summed E-state index contributed by atoms with van der Waals surface area (Å²) in [5, 5.41) is 4.02. The third-order valence-corrected chi connectivity index (χ3v) is 1.50. The van der Waals surface area contributed by atoms with E-state index in [1.54, 1.807) is 7.05 Å². The molecule has 1 aliphatic heterocycles. The molecule has 0 saturated carbocycles. The van der Waals surface area contributed by atoms with Crippen molar-refractivity contribution < 1.29 is 4.79 Å². The van der Waals surface area contributed by atoms with Gasteiger partial charge in [-0.3, -0.25) is 0 Å². The third-order valence-electron chi connectivity index (χ3n) is 1.50. The molecule has 10 heavy (non-hydrogen) atoms. The maximum Gasteiger partial charge on any atom is 0.332 e. The van der Waals surface area contributed by atoms with Crippen LogP contribution in [0.3, 0.4) is 0 Å². The van der Waals surface area contributed by atoms with E-state index in [0.717, 1.165) is 25.9 Å². The molecule has 1 radical (unpaired) electrons. The van der Waals surface area contributed by atoms with Crippen molar-refractivity contribution in [2.45, 2.75) is 12.8 Å². The van der Waals surface area contributed by atoms with E-state index in [4.69, 9.17) is 0 Å². The van der Waals surface area contributed by atoms with Gasteiger partial charge in [0, 0.05) is 20.1 Å². The molecule has 0 spiro atoms. The topological polar surface area (TPSA) is 46.4 Å². The number of urea groups is 1. The first-order valence-corrected chi connectivity index (χ1v) is 3.51. The number of hydrogen-bond acceptors (Lipinski definition) is 1. The highest BCUT2D eigenvalue weighted by molar-refractivity contribution is 5.73. The van der Waals surface area contributed by atoms with E-state index in [1.807, 2.05) is 0 Å². The lowest BCUT2D eigenvalue weighted by atomic mass is 10.3. The Morgan fingerprint density at radius 1 is 1.60 bits per heavy atom. The summed E-state index contributed by atoms with van der Waals surface area (Å²) in [6.45, 7) is 1.55. The molecule has 1 fully saturated rings. The van der Waals surface area contributed by atoms with Gasteiger partial charge in [0.25, 0.3) is 0 Å². The molecule has 0 atom stereocenters. The number of amides is 2. The lowest BCUT2D eigenvalue weighted by Gasteiger charge is -2.24. The van der Waals surface area contributed by atoms with Gasteiger partial charge in [0.1, 0.15) is 0 Å². The minimum atomic E-state index is -0.0975. The maximum atomic E-state index is 10.9. The Morgan fingerprint density at radius 2 is 2.40 bits per heavy atom. The fraction of sp³-hybridized carbons (Fsp3) is 0.833. The molecule has 1 heterocycles. The van der Waals surface area contributed by atoms with E-state index in [2.05, 4.69) is 10.7 Å². The zero-order chi connectivity index (χ0) is 7.40. The second-order valence-electron chi connectivity index (χ2n) is 2.25. The molecular weight excluding hydrogens is 130 g/mol. The van der Waals surface area contributed by atoms with E-state index < -0.39 is 0 Å². The van der Waals surface area contributed by atoms with Gasteiger partial charge in [-0.05, 0) is 12.8 Å². The van der Waals surface area contributed by atoms with E-state index in [9.17, 15) is 4.79 Å². The van der Waals surface area contributed by atoms with Gasteiger partial charge in [0.15, 0.2) is 0 Å². The Bertz CT molecular complexity index is 120. The molecular formula is C6H12N3O. The van der Waals surface area contributed by atoms with Crippen LogP contribution in [0, 0.1) is 0 Å². The third kappa shape index (κ3) is 1.60. The van der Waals surface area contributed by atoms with Crippen LogP contribution in [0.4, 0.5) is 4.79 Å². The summed E-state index contributed by atoms with van der Waals surface area (Å²) < 4.78 is 0. The molecule has 0 aromatic rings. The second-order valence-corrected chi connectivity index (χ2v) is 2.25. The van der Waals surface area contributed by atoms with Gasteiger partial charge >= 0.3 is 6.03 Å². The maximum absolute atomic E-state index is 10.9. The SMILES string of the molecule is CNC(=O)N1CCCC[N]1. The smallest absolute Gasteiger partial charge is 0.332 e. The Balaban J connectivity index is 2.31. The van der Waals surface area contributed by atoms with Crippen molar-refractivity contribution in [2.24, 2.45) is 0 Å². The highest BCUT2D eigenvalue weighted by atomic mass is 16.2. The van der Waals surface area contributed by atoms with Gasteiger partial charge < -0.3 is 5.32 Å². The van der Waals surface area contributed by atoms with Crippen molar-refractivity contribution in [3.63, 3.8) is 0 Å². The van der Waals surface area contributed by atoms with Gasteiger partial charge in [-0.15, -0.1) is 5.43 Å². The van der Waals surface area contributed by atoms with Crippen molar-refractivity contribution in [3.8, 4) is 0 Å². The molecule has 2 amide bonds. The summed E-state index contributed by atoms with van der Waals surface area (Å²) in [5.74, 6) is 0. The van der Waals surface area contributed by atoms with Crippen LogP contribution in [-0.4, -0.2) is 31.2 Å². The minimum Gasteiger partial charge on any atom is -0.340 e. The van der Waals surface area contributed by atoms with Crippen LogP contribution >= 0.6 is 0 Å². The Labute approximate surface area is 60.5 Å². The molecule has 0 unspecified atom stereocenters. The van der Waals surface area contributed by atoms with Gasteiger partial charge in [0.05, 0.1) is 0 Å². The van der Waals surface area contributed by atoms with Crippen molar-refractivity contribution in [1.82, 2.24) is 15.8 Å². The summed E-state index contributed by atoms with van der Waals surface area (Å²) in [4.78, 5) is 10.9. The summed E-state index contributed by atoms with van der Waals surface area (Å²) in [6.07, 6.45) is 2.17. The largest absolute Gasteiger partial charge is 0.340 e. The monoisotopic (exact) mass is 142 g/mol. The number of hydrogen-bond donors (Lipinski definition) is 1. The molecule has 1 saturated heterocycles. The highest BCUT2D eigenvalue weighted by Crippen LogP contribution is 2.00. The first-order valence-electron chi connectivity index (χ1n) is 3.51. The fourth-order valence-electron chi connectivity index (χ4n) is 0.930. The van der Waals surface area contributed by atoms with Crippen LogP contribution in [0.15, 0.2) is 0 Å². The zero-order valence-corrected chi connectivity index (χ0v) is 6.13. The van der Waals surface area contributed by atoms with E-state index in [-0.39, 0.29) is 6.03 Å². The molecule has 57 valence electrons. The molecule has 1 rings (SSSR count). The van der Waals surface area contributed by atoms with Gasteiger partial charge in [-0.25, -0.2) is 9.80 Å². The molecule has 1 N–H and O–H groups in total. The van der Waals surface area contributed by atoms with E-state index >= 15 is 0 Å². The lowest BCUT2D eigenvalue weighted by molar-refractivity contribution is 0.151. The van der Waals surface area contributed by atoms with Crippen molar-refractivity contribution in [1.29, 1.82) is 0 Å². The van der Waals surface area contributed by atoms with Gasteiger partial charge in [0.2, 0.25) is 0 Å². The number of nitrogens with one attached hydrogen (secondary N) is 1. The second kappa shape index (κ2) is 3.41. The van der Waals surface area contributed by atoms with Crippen LogP contribution in [0.1, 0.15) is 12.8 Å². The normalized spacial score (nSPS) is 18.7. The number of nitrogens with zero attached hydrogens (tertiary/aromatic N) is 2.